The van der Waals surface area contributed by atoms with Gasteiger partial charge in [-0.05, 0) is 25.0 Å². The molecule has 1 aliphatic carbocycles. The summed E-state index contributed by atoms with van der Waals surface area (Å²) in [6.07, 6.45) is 10.7. The highest BCUT2D eigenvalue weighted by atomic mass is 32.2. The zero-order valence-corrected chi connectivity index (χ0v) is 13.6. The van der Waals surface area contributed by atoms with E-state index in [0.29, 0.717) is 24.0 Å². The van der Waals surface area contributed by atoms with Crippen LogP contribution in [0.3, 0.4) is 0 Å². The predicted octanol–water partition coefficient (Wildman–Crippen LogP) is 1.28. The minimum absolute atomic E-state index is 0.00405. The van der Waals surface area contributed by atoms with E-state index in [2.05, 4.69) is 4.40 Å². The van der Waals surface area contributed by atoms with Gasteiger partial charge in [0.2, 0.25) is 0 Å². The lowest BCUT2D eigenvalue weighted by Crippen LogP contribution is -2.41. The Labute approximate surface area is 131 Å². The van der Waals surface area contributed by atoms with Gasteiger partial charge in [-0.2, -0.15) is 0 Å². The summed E-state index contributed by atoms with van der Waals surface area (Å²) >= 11 is 0. The van der Waals surface area contributed by atoms with Gasteiger partial charge < -0.3 is 9.80 Å². The Morgan fingerprint density at radius 1 is 1.27 bits per heavy atom. The molecule has 0 aromatic rings. The summed E-state index contributed by atoms with van der Waals surface area (Å²) in [6, 6.07) is 0.312. The summed E-state index contributed by atoms with van der Waals surface area (Å²) in [5.74, 6) is 0.375. The number of amides is 1. The van der Waals surface area contributed by atoms with Crippen molar-refractivity contribution < 1.29 is 13.2 Å². The molecule has 3 aliphatic rings. The second-order valence-corrected chi connectivity index (χ2v) is 7.81. The van der Waals surface area contributed by atoms with Crippen LogP contribution in [-0.2, 0) is 14.8 Å². The third-order valence-electron chi connectivity index (χ3n) is 4.51. The maximum atomic E-state index is 12.6. The van der Waals surface area contributed by atoms with Crippen LogP contribution in [0.15, 0.2) is 28.3 Å². The molecule has 2 aliphatic heterocycles. The van der Waals surface area contributed by atoms with Crippen molar-refractivity contribution in [3.05, 3.63) is 23.9 Å². The normalized spacial score (nSPS) is 24.3. The first-order chi connectivity index (χ1) is 10.5. The number of carbonyl (C=O) groups is 1. The largest absolute Gasteiger partial charge is 0.339 e. The van der Waals surface area contributed by atoms with Gasteiger partial charge in [0.1, 0.15) is 5.84 Å². The predicted molar refractivity (Wildman–Crippen MR) is 84.8 cm³/mol. The van der Waals surface area contributed by atoms with Crippen LogP contribution in [0.4, 0.5) is 0 Å². The summed E-state index contributed by atoms with van der Waals surface area (Å²) < 4.78 is 26.7. The molecule has 2 heterocycles. The van der Waals surface area contributed by atoms with Gasteiger partial charge in [0.25, 0.3) is 15.9 Å². The van der Waals surface area contributed by atoms with Crippen LogP contribution in [0, 0.1) is 0 Å². The first-order valence-corrected chi connectivity index (χ1v) is 9.33. The molecule has 0 atom stereocenters. The molecule has 0 aromatic carbocycles. The van der Waals surface area contributed by atoms with E-state index >= 15 is 0 Å². The zero-order valence-electron chi connectivity index (χ0n) is 12.7. The molecule has 0 radical (unpaired) electrons. The molecule has 3 rings (SSSR count). The number of nitrogens with zero attached hydrogens (tertiary/aromatic N) is 3. The minimum Gasteiger partial charge on any atom is -0.339 e. The second kappa shape index (κ2) is 5.87. The summed E-state index contributed by atoms with van der Waals surface area (Å²) in [5.41, 5.74) is 0.589. The van der Waals surface area contributed by atoms with E-state index in [1.807, 2.05) is 11.9 Å². The van der Waals surface area contributed by atoms with Crippen LogP contribution in [0.5, 0.6) is 0 Å². The maximum absolute atomic E-state index is 12.6. The van der Waals surface area contributed by atoms with Crippen molar-refractivity contribution in [2.45, 2.75) is 38.1 Å². The fourth-order valence-corrected chi connectivity index (χ4v) is 4.13. The highest BCUT2D eigenvalue weighted by molar-refractivity contribution is 7.90. The molecule has 0 N–H and O–H groups in total. The van der Waals surface area contributed by atoms with Gasteiger partial charge >= 0.3 is 0 Å². The maximum Gasteiger partial charge on any atom is 0.256 e. The fraction of sp³-hybridized carbons (Fsp3) is 0.600. The number of carbonyl (C=O) groups excluding carboxylic acids is 1. The molecular formula is C15H21N3O3S. The second-order valence-electron chi connectivity index (χ2n) is 6.05. The summed E-state index contributed by atoms with van der Waals surface area (Å²) in [5, 5.41) is 0. The van der Waals surface area contributed by atoms with Crippen LogP contribution in [-0.4, -0.2) is 55.3 Å². The van der Waals surface area contributed by atoms with Crippen molar-refractivity contribution in [3.63, 3.8) is 0 Å². The van der Waals surface area contributed by atoms with Crippen LogP contribution < -0.4 is 0 Å². The third-order valence-corrected chi connectivity index (χ3v) is 5.68. The lowest BCUT2D eigenvalue weighted by Gasteiger charge is -2.33. The number of hydrogen-bond donors (Lipinski definition) is 0. The van der Waals surface area contributed by atoms with E-state index in [9.17, 15) is 13.2 Å². The van der Waals surface area contributed by atoms with E-state index in [1.165, 1.54) is 19.3 Å². The molecule has 1 saturated carbocycles. The Morgan fingerprint density at radius 3 is 2.73 bits per heavy atom. The quantitative estimate of drug-likeness (QED) is 0.767. The molecule has 0 saturated heterocycles. The van der Waals surface area contributed by atoms with Crippen molar-refractivity contribution in [1.29, 1.82) is 0 Å². The molecule has 0 bridgehead atoms. The molecule has 1 fully saturated rings. The number of fused-ring (bicyclic) bond motifs is 1. The first-order valence-electron chi connectivity index (χ1n) is 7.73. The smallest absolute Gasteiger partial charge is 0.256 e. The van der Waals surface area contributed by atoms with E-state index in [0.717, 1.165) is 12.8 Å². The van der Waals surface area contributed by atoms with Crippen LogP contribution in [0.25, 0.3) is 0 Å². The van der Waals surface area contributed by atoms with Gasteiger partial charge in [-0.1, -0.05) is 19.3 Å². The Balaban J connectivity index is 1.75. The minimum atomic E-state index is -3.35. The first kappa shape index (κ1) is 15.3. The molecule has 0 spiro atoms. The van der Waals surface area contributed by atoms with Gasteiger partial charge in [-0.15, -0.1) is 4.40 Å². The number of likely N-dealkylation sites (N-methyl/N-ethyl adjacent to an activating group) is 1. The summed E-state index contributed by atoms with van der Waals surface area (Å²) in [7, 11) is -1.50. The number of amidine groups is 1. The summed E-state index contributed by atoms with van der Waals surface area (Å²) in [4.78, 5) is 16.2. The van der Waals surface area contributed by atoms with Crippen molar-refractivity contribution in [2.24, 2.45) is 4.40 Å². The Bertz CT molecular complexity index is 658. The molecule has 120 valence electrons. The van der Waals surface area contributed by atoms with Crippen molar-refractivity contribution in [1.82, 2.24) is 9.80 Å². The van der Waals surface area contributed by atoms with E-state index < -0.39 is 10.0 Å². The van der Waals surface area contributed by atoms with Gasteiger partial charge in [-0.25, -0.2) is 8.42 Å². The number of rotatable bonds is 2. The highest BCUT2D eigenvalue weighted by Gasteiger charge is 2.28. The molecular weight excluding hydrogens is 302 g/mol. The fourth-order valence-electron chi connectivity index (χ4n) is 3.17. The zero-order chi connectivity index (χ0) is 15.7. The van der Waals surface area contributed by atoms with Crippen LogP contribution in [0.1, 0.15) is 32.1 Å². The average Bonchev–Trinajstić information content (AvgIpc) is 2.53. The Kier molecular flexibility index (Phi) is 4.08. The van der Waals surface area contributed by atoms with E-state index in [-0.39, 0.29) is 11.7 Å². The third kappa shape index (κ3) is 3.09. The molecule has 1 amide bonds. The van der Waals surface area contributed by atoms with E-state index in [4.69, 9.17) is 0 Å². The molecule has 0 aromatic heterocycles. The average molecular weight is 323 g/mol. The van der Waals surface area contributed by atoms with Gasteiger partial charge in [0.05, 0.1) is 11.3 Å². The van der Waals surface area contributed by atoms with Crippen molar-refractivity contribution >= 4 is 21.8 Å². The molecule has 22 heavy (non-hydrogen) atoms. The Hall–Kier alpha value is -1.63. The van der Waals surface area contributed by atoms with Crippen molar-refractivity contribution in [2.75, 3.05) is 19.3 Å². The van der Waals surface area contributed by atoms with Crippen LogP contribution >= 0.6 is 0 Å². The molecule has 7 heteroatoms. The van der Waals surface area contributed by atoms with E-state index in [1.54, 1.807) is 23.3 Å². The monoisotopic (exact) mass is 323 g/mol. The molecule has 0 unspecified atom stereocenters. The van der Waals surface area contributed by atoms with Gasteiger partial charge in [0, 0.05) is 25.8 Å². The SMILES string of the molecule is CN(C(=O)C1=CN2CCS(=O)(=O)N=C2C=C1)C1CCCCC1. The van der Waals surface area contributed by atoms with Gasteiger partial charge in [0.15, 0.2) is 0 Å². The lowest BCUT2D eigenvalue weighted by molar-refractivity contribution is -0.128. The number of hydrogen-bond acceptors (Lipinski definition) is 4. The van der Waals surface area contributed by atoms with Crippen molar-refractivity contribution in [3.8, 4) is 0 Å². The lowest BCUT2D eigenvalue weighted by atomic mass is 9.94. The highest BCUT2D eigenvalue weighted by Crippen LogP contribution is 2.24. The molecule has 6 nitrogen and oxygen atoms in total. The van der Waals surface area contributed by atoms with Gasteiger partial charge in [-0.3, -0.25) is 4.79 Å². The standard InChI is InChI=1S/C15H21N3O3S/c1-17(13-5-3-2-4-6-13)15(19)12-7-8-14-16-22(20,21)10-9-18(14)11-12/h7-8,11,13H,2-6,9-10H2,1H3. The topological polar surface area (TPSA) is 70.1 Å². The summed E-state index contributed by atoms with van der Waals surface area (Å²) in [6.45, 7) is 0.343. The van der Waals surface area contributed by atoms with Crippen LogP contribution in [0.2, 0.25) is 0 Å². The Morgan fingerprint density at radius 2 is 2.00 bits per heavy atom. The number of sulfonamides is 1.